The number of halogens is 4. The van der Waals surface area contributed by atoms with Gasteiger partial charge in [-0.15, -0.1) is 0 Å². The van der Waals surface area contributed by atoms with E-state index < -0.39 is 12.0 Å². The van der Waals surface area contributed by atoms with Gasteiger partial charge in [0.25, 0.3) is 11.0 Å². The van der Waals surface area contributed by atoms with Crippen LogP contribution in [0.3, 0.4) is 0 Å². The molecule has 96 valence electrons. The van der Waals surface area contributed by atoms with Gasteiger partial charge in [0.15, 0.2) is 5.75 Å². The molecule has 0 aliphatic rings. The third-order valence-corrected chi connectivity index (χ3v) is 3.07. The zero-order chi connectivity index (χ0) is 13.3. The van der Waals surface area contributed by atoms with E-state index in [0.29, 0.717) is 16.0 Å². The second-order valence-corrected chi connectivity index (χ2v) is 4.71. The first-order valence-corrected chi connectivity index (χ1v) is 6.07. The highest BCUT2D eigenvalue weighted by molar-refractivity contribution is 9.10. The minimum absolute atomic E-state index is 0.211. The van der Waals surface area contributed by atoms with Crippen LogP contribution in [0.4, 0.5) is 18.9 Å². The van der Waals surface area contributed by atoms with Gasteiger partial charge in [-0.3, -0.25) is 0 Å². The van der Waals surface area contributed by atoms with Gasteiger partial charge < -0.3 is 10.5 Å². The van der Waals surface area contributed by atoms with E-state index in [1.54, 1.807) is 18.2 Å². The van der Waals surface area contributed by atoms with E-state index in [2.05, 4.69) is 25.3 Å². The minimum atomic E-state index is -4.59. The lowest BCUT2D eigenvalue weighted by Gasteiger charge is -2.06. The monoisotopic (exact) mass is 339 g/mol. The molecule has 2 aromatic rings. The van der Waals surface area contributed by atoms with Crippen LogP contribution < -0.4 is 10.5 Å². The number of ether oxygens (including phenoxy) is 1. The van der Waals surface area contributed by atoms with Crippen LogP contribution in [0, 0.1) is 0 Å². The summed E-state index contributed by atoms with van der Waals surface area (Å²) in [5.74, 6) is -1.02. The SMILES string of the molecule is Nc1cccc(Br)c1Oc1nc(C(F)(F)F)ns1. The fraction of sp³-hybridized carbons (Fsp3) is 0.111. The van der Waals surface area contributed by atoms with Crippen LogP contribution in [-0.2, 0) is 6.18 Å². The van der Waals surface area contributed by atoms with E-state index >= 15 is 0 Å². The molecule has 0 aliphatic heterocycles. The lowest BCUT2D eigenvalue weighted by atomic mass is 10.3. The van der Waals surface area contributed by atoms with E-state index in [4.69, 9.17) is 10.5 Å². The van der Waals surface area contributed by atoms with Crippen molar-refractivity contribution in [1.29, 1.82) is 0 Å². The minimum Gasteiger partial charge on any atom is -0.426 e. The molecule has 0 fully saturated rings. The Balaban J connectivity index is 2.27. The van der Waals surface area contributed by atoms with Crippen molar-refractivity contribution in [3.05, 3.63) is 28.5 Å². The lowest BCUT2D eigenvalue weighted by Crippen LogP contribution is -2.07. The fourth-order valence-corrected chi connectivity index (χ4v) is 2.11. The van der Waals surface area contributed by atoms with Crippen LogP contribution in [-0.4, -0.2) is 9.36 Å². The molecule has 0 radical (unpaired) electrons. The molecule has 0 spiro atoms. The second-order valence-electron chi connectivity index (χ2n) is 3.14. The summed E-state index contributed by atoms with van der Waals surface area (Å²) in [7, 11) is 0. The van der Waals surface area contributed by atoms with Gasteiger partial charge in [-0.25, -0.2) is 0 Å². The molecular weight excluding hydrogens is 335 g/mol. The van der Waals surface area contributed by atoms with E-state index in [1.807, 2.05) is 0 Å². The summed E-state index contributed by atoms with van der Waals surface area (Å²) in [5, 5.41) is -0.221. The summed E-state index contributed by atoms with van der Waals surface area (Å²) in [6, 6.07) is 4.89. The van der Waals surface area contributed by atoms with Crippen molar-refractivity contribution in [2.24, 2.45) is 0 Å². The Hall–Kier alpha value is -1.35. The summed E-state index contributed by atoms with van der Waals surface area (Å²) in [6.07, 6.45) is -4.59. The third-order valence-electron chi connectivity index (χ3n) is 1.85. The second kappa shape index (κ2) is 4.73. The van der Waals surface area contributed by atoms with Crippen molar-refractivity contribution in [2.75, 3.05) is 5.73 Å². The number of nitrogens with zero attached hydrogens (tertiary/aromatic N) is 2. The molecule has 0 saturated heterocycles. The van der Waals surface area contributed by atoms with Gasteiger partial charge in [0.05, 0.1) is 10.2 Å². The average Bonchev–Trinajstić information content (AvgIpc) is 2.72. The van der Waals surface area contributed by atoms with Crippen LogP contribution in [0.2, 0.25) is 0 Å². The maximum Gasteiger partial charge on any atom is 0.452 e. The number of para-hydroxylation sites is 1. The number of benzene rings is 1. The standard InChI is InChI=1S/C9H5BrF3N3OS/c10-4-2-1-3-5(14)6(4)17-8-15-7(16-18-8)9(11,12)13/h1-3H,14H2. The average molecular weight is 340 g/mol. The highest BCUT2D eigenvalue weighted by Crippen LogP contribution is 2.37. The number of alkyl halides is 3. The van der Waals surface area contributed by atoms with Gasteiger partial charge in [-0.2, -0.15) is 22.5 Å². The Morgan fingerprint density at radius 3 is 2.61 bits per heavy atom. The number of rotatable bonds is 2. The van der Waals surface area contributed by atoms with Crippen LogP contribution in [0.5, 0.6) is 10.9 Å². The summed E-state index contributed by atoms with van der Waals surface area (Å²) < 4.78 is 45.7. The van der Waals surface area contributed by atoms with Gasteiger partial charge in [-0.1, -0.05) is 6.07 Å². The molecule has 4 nitrogen and oxygen atoms in total. The van der Waals surface area contributed by atoms with Crippen molar-refractivity contribution in [2.45, 2.75) is 6.18 Å². The predicted octanol–water partition coefficient (Wildman–Crippen LogP) is 3.69. The molecular formula is C9H5BrF3N3OS. The molecule has 0 amide bonds. The fourth-order valence-electron chi connectivity index (χ4n) is 1.09. The zero-order valence-electron chi connectivity index (χ0n) is 8.53. The molecule has 2 rings (SSSR count). The number of nitrogens with two attached hydrogens (primary N) is 1. The van der Waals surface area contributed by atoms with Crippen molar-refractivity contribution in [3.8, 4) is 10.9 Å². The van der Waals surface area contributed by atoms with Crippen LogP contribution in [0.15, 0.2) is 22.7 Å². The Bertz CT molecular complexity index is 552. The molecule has 0 aliphatic carbocycles. The highest BCUT2D eigenvalue weighted by atomic mass is 79.9. The quantitative estimate of drug-likeness (QED) is 0.847. The summed E-state index contributed by atoms with van der Waals surface area (Å²) in [6.45, 7) is 0. The van der Waals surface area contributed by atoms with Gasteiger partial charge in [-0.05, 0) is 28.1 Å². The first-order chi connectivity index (χ1) is 8.38. The third kappa shape index (κ3) is 2.72. The smallest absolute Gasteiger partial charge is 0.426 e. The molecule has 0 bridgehead atoms. The van der Waals surface area contributed by atoms with Crippen molar-refractivity contribution in [3.63, 3.8) is 0 Å². The summed E-state index contributed by atoms with van der Waals surface area (Å²) in [4.78, 5) is 3.24. The van der Waals surface area contributed by atoms with E-state index in [9.17, 15) is 13.2 Å². The normalized spacial score (nSPS) is 11.6. The Morgan fingerprint density at radius 2 is 2.06 bits per heavy atom. The summed E-state index contributed by atoms with van der Waals surface area (Å²) in [5.41, 5.74) is 5.93. The first kappa shape index (κ1) is 13.1. The van der Waals surface area contributed by atoms with Crippen LogP contribution in [0.25, 0.3) is 0 Å². The number of anilines is 1. The van der Waals surface area contributed by atoms with Crippen molar-refractivity contribution >= 4 is 33.1 Å². The number of hydrogen-bond acceptors (Lipinski definition) is 5. The molecule has 9 heteroatoms. The molecule has 1 aromatic heterocycles. The molecule has 1 heterocycles. The first-order valence-electron chi connectivity index (χ1n) is 4.50. The van der Waals surface area contributed by atoms with Gasteiger partial charge in [0.2, 0.25) is 0 Å². The highest BCUT2D eigenvalue weighted by Gasteiger charge is 2.36. The van der Waals surface area contributed by atoms with Crippen LogP contribution >= 0.6 is 27.5 Å². The largest absolute Gasteiger partial charge is 0.452 e. The molecule has 0 atom stereocenters. The molecule has 0 unspecified atom stereocenters. The van der Waals surface area contributed by atoms with Crippen LogP contribution in [0.1, 0.15) is 5.82 Å². The predicted molar refractivity (Wildman–Crippen MR) is 63.5 cm³/mol. The maximum absolute atomic E-state index is 12.3. The number of nitrogen functional groups attached to an aromatic ring is 1. The van der Waals surface area contributed by atoms with Gasteiger partial charge in [0.1, 0.15) is 0 Å². The van der Waals surface area contributed by atoms with E-state index in [1.165, 1.54) is 0 Å². The molecule has 0 saturated carbocycles. The van der Waals surface area contributed by atoms with Crippen molar-refractivity contribution in [1.82, 2.24) is 9.36 Å². The van der Waals surface area contributed by atoms with Crippen molar-refractivity contribution < 1.29 is 17.9 Å². The van der Waals surface area contributed by atoms with E-state index in [0.717, 1.165) is 0 Å². The Labute approximate surface area is 112 Å². The summed E-state index contributed by atoms with van der Waals surface area (Å²) >= 11 is 3.69. The number of aromatic nitrogens is 2. The zero-order valence-corrected chi connectivity index (χ0v) is 10.9. The Kier molecular flexibility index (Phi) is 3.44. The maximum atomic E-state index is 12.3. The molecule has 2 N–H and O–H groups in total. The number of hydrogen-bond donors (Lipinski definition) is 1. The topological polar surface area (TPSA) is 61.0 Å². The van der Waals surface area contributed by atoms with E-state index in [-0.39, 0.29) is 16.6 Å². The molecule has 18 heavy (non-hydrogen) atoms. The Morgan fingerprint density at radius 1 is 1.33 bits per heavy atom. The van der Waals surface area contributed by atoms with Gasteiger partial charge in [0, 0.05) is 11.5 Å². The van der Waals surface area contributed by atoms with Gasteiger partial charge >= 0.3 is 6.18 Å². The molecule has 1 aromatic carbocycles. The lowest BCUT2D eigenvalue weighted by molar-refractivity contribution is -0.144.